The minimum Gasteiger partial charge on any atom is -0.308 e. The number of imide groups is 1. The zero-order valence-electron chi connectivity index (χ0n) is 10.8. The van der Waals surface area contributed by atoms with Gasteiger partial charge in [0.1, 0.15) is 17.2 Å². The molecule has 0 heterocycles. The Balaban J connectivity index is 2.10. The molecule has 0 spiro atoms. The molecule has 22 heavy (non-hydrogen) atoms. The summed E-state index contributed by atoms with van der Waals surface area (Å²) in [6.07, 6.45) is 0. The third-order valence-corrected chi connectivity index (χ3v) is 2.97. The van der Waals surface area contributed by atoms with Crippen LogP contribution in [-0.2, 0) is 0 Å². The van der Waals surface area contributed by atoms with Gasteiger partial charge in [0.15, 0.2) is 0 Å². The quantitative estimate of drug-likeness (QED) is 0.856. The second kappa shape index (κ2) is 6.72. The highest BCUT2D eigenvalue weighted by Gasteiger charge is 2.19. The molecule has 0 radical (unpaired) electrons. The maximum atomic E-state index is 13.4. The molecule has 2 aromatic rings. The van der Waals surface area contributed by atoms with Gasteiger partial charge in [-0.25, -0.2) is 13.6 Å². The molecule has 0 atom stereocenters. The summed E-state index contributed by atoms with van der Waals surface area (Å²) >= 11 is 11.5. The predicted molar refractivity (Wildman–Crippen MR) is 79.3 cm³/mol. The summed E-state index contributed by atoms with van der Waals surface area (Å²) in [6, 6.07) is 6.18. The Bertz CT molecular complexity index is 713. The van der Waals surface area contributed by atoms with Crippen molar-refractivity contribution in [1.82, 2.24) is 5.32 Å². The molecule has 114 valence electrons. The van der Waals surface area contributed by atoms with Gasteiger partial charge in [0.05, 0.1) is 0 Å². The highest BCUT2D eigenvalue weighted by molar-refractivity contribution is 6.35. The van der Waals surface area contributed by atoms with Crippen LogP contribution in [0.3, 0.4) is 0 Å². The van der Waals surface area contributed by atoms with Crippen molar-refractivity contribution in [2.45, 2.75) is 0 Å². The lowest BCUT2D eigenvalue weighted by molar-refractivity contribution is 0.0959. The number of amides is 3. The fraction of sp³-hybridized carbons (Fsp3) is 0. The summed E-state index contributed by atoms with van der Waals surface area (Å²) in [5.41, 5.74) is -0.626. The van der Waals surface area contributed by atoms with E-state index >= 15 is 0 Å². The first-order valence-corrected chi connectivity index (χ1v) is 6.65. The largest absolute Gasteiger partial charge is 0.326 e. The van der Waals surface area contributed by atoms with Gasteiger partial charge < -0.3 is 5.32 Å². The number of carbonyl (C=O) groups excluding carboxylic acids is 2. The number of benzene rings is 2. The predicted octanol–water partition coefficient (Wildman–Crippen LogP) is 4.23. The van der Waals surface area contributed by atoms with E-state index < -0.39 is 29.1 Å². The van der Waals surface area contributed by atoms with Gasteiger partial charge in [0.2, 0.25) is 0 Å². The molecule has 0 aliphatic heterocycles. The number of urea groups is 1. The van der Waals surface area contributed by atoms with Crippen molar-refractivity contribution in [2.24, 2.45) is 0 Å². The molecule has 0 saturated heterocycles. The Hall–Kier alpha value is -2.18. The minimum atomic E-state index is -1.21. The van der Waals surface area contributed by atoms with Crippen molar-refractivity contribution in [3.63, 3.8) is 0 Å². The van der Waals surface area contributed by atoms with Crippen LogP contribution in [0.1, 0.15) is 10.4 Å². The second-order valence-electron chi connectivity index (χ2n) is 4.16. The van der Waals surface area contributed by atoms with E-state index in [-0.39, 0.29) is 15.7 Å². The van der Waals surface area contributed by atoms with Gasteiger partial charge in [-0.05, 0) is 30.3 Å². The van der Waals surface area contributed by atoms with Gasteiger partial charge in [-0.2, -0.15) is 0 Å². The van der Waals surface area contributed by atoms with E-state index in [4.69, 9.17) is 23.2 Å². The molecule has 3 amide bonds. The molecule has 0 fully saturated rings. The zero-order chi connectivity index (χ0) is 16.3. The Labute approximate surface area is 134 Å². The van der Waals surface area contributed by atoms with E-state index in [2.05, 4.69) is 5.32 Å². The topological polar surface area (TPSA) is 58.2 Å². The van der Waals surface area contributed by atoms with Crippen LogP contribution >= 0.6 is 23.2 Å². The Morgan fingerprint density at radius 2 is 1.50 bits per heavy atom. The molecule has 0 saturated carbocycles. The number of anilines is 1. The fourth-order valence-corrected chi connectivity index (χ4v) is 2.19. The first-order chi connectivity index (χ1) is 10.4. The normalized spacial score (nSPS) is 10.2. The summed E-state index contributed by atoms with van der Waals surface area (Å²) < 4.78 is 26.8. The smallest absolute Gasteiger partial charge is 0.308 e. The summed E-state index contributed by atoms with van der Waals surface area (Å²) in [5, 5.41) is 4.63. The fourth-order valence-electron chi connectivity index (χ4n) is 1.67. The van der Waals surface area contributed by atoms with Gasteiger partial charge >= 0.3 is 6.03 Å². The third-order valence-electron chi connectivity index (χ3n) is 2.54. The molecule has 4 nitrogen and oxygen atoms in total. The lowest BCUT2D eigenvalue weighted by Crippen LogP contribution is -2.35. The Morgan fingerprint density at radius 3 is 2.05 bits per heavy atom. The summed E-state index contributed by atoms with van der Waals surface area (Å²) in [5.74, 6) is -3.35. The van der Waals surface area contributed by atoms with Crippen molar-refractivity contribution in [2.75, 3.05) is 5.32 Å². The first kappa shape index (κ1) is 16.2. The highest BCUT2D eigenvalue weighted by atomic mass is 35.5. The van der Waals surface area contributed by atoms with Gasteiger partial charge in [-0.1, -0.05) is 29.3 Å². The van der Waals surface area contributed by atoms with E-state index in [9.17, 15) is 18.4 Å². The second-order valence-corrected chi connectivity index (χ2v) is 5.04. The molecular weight excluding hydrogens is 337 g/mol. The van der Waals surface area contributed by atoms with Crippen molar-refractivity contribution < 1.29 is 18.4 Å². The van der Waals surface area contributed by atoms with E-state index in [1.165, 1.54) is 18.2 Å². The maximum Gasteiger partial charge on any atom is 0.326 e. The van der Waals surface area contributed by atoms with Crippen LogP contribution in [-0.4, -0.2) is 11.9 Å². The molecule has 0 aliphatic rings. The summed E-state index contributed by atoms with van der Waals surface area (Å²) in [7, 11) is 0. The maximum absolute atomic E-state index is 13.4. The number of carbonyl (C=O) groups is 2. The third kappa shape index (κ3) is 3.93. The Morgan fingerprint density at radius 1 is 0.955 bits per heavy atom. The molecule has 2 N–H and O–H groups in total. The SMILES string of the molecule is O=C(NC(=O)c1c(F)cccc1F)Nc1cc(Cl)cc(Cl)c1. The number of nitrogens with one attached hydrogen (secondary N) is 2. The lowest BCUT2D eigenvalue weighted by Gasteiger charge is -2.08. The standard InChI is InChI=1S/C14H8Cl2F2N2O2/c15-7-4-8(16)6-9(5-7)19-14(22)20-13(21)12-10(17)2-1-3-11(12)18/h1-6H,(H2,19,20,21,22). The number of halogens is 4. The van der Waals surface area contributed by atoms with Crippen LogP contribution < -0.4 is 10.6 Å². The van der Waals surface area contributed by atoms with E-state index in [1.807, 2.05) is 5.32 Å². The van der Waals surface area contributed by atoms with Gasteiger partial charge in [-0.3, -0.25) is 10.1 Å². The van der Waals surface area contributed by atoms with Crippen molar-refractivity contribution in [3.8, 4) is 0 Å². The monoisotopic (exact) mass is 344 g/mol. The first-order valence-electron chi connectivity index (χ1n) is 5.89. The van der Waals surface area contributed by atoms with Crippen LogP contribution in [0.25, 0.3) is 0 Å². The molecular formula is C14H8Cl2F2N2O2. The highest BCUT2D eigenvalue weighted by Crippen LogP contribution is 2.22. The van der Waals surface area contributed by atoms with Gasteiger partial charge in [-0.15, -0.1) is 0 Å². The van der Waals surface area contributed by atoms with Crippen molar-refractivity contribution in [3.05, 3.63) is 63.6 Å². The minimum absolute atomic E-state index is 0.219. The van der Waals surface area contributed by atoms with E-state index in [0.717, 1.165) is 18.2 Å². The van der Waals surface area contributed by atoms with Crippen LogP contribution in [0.4, 0.5) is 19.3 Å². The van der Waals surface area contributed by atoms with Crippen molar-refractivity contribution in [1.29, 1.82) is 0 Å². The van der Waals surface area contributed by atoms with E-state index in [1.54, 1.807) is 0 Å². The molecule has 0 aromatic heterocycles. The number of rotatable bonds is 2. The van der Waals surface area contributed by atoms with Crippen molar-refractivity contribution >= 4 is 40.8 Å². The molecule has 0 aliphatic carbocycles. The average Bonchev–Trinajstić information content (AvgIpc) is 2.36. The molecule has 2 aromatic carbocycles. The summed E-state index contributed by atoms with van der Waals surface area (Å²) in [4.78, 5) is 23.4. The molecule has 8 heteroatoms. The lowest BCUT2D eigenvalue weighted by atomic mass is 10.2. The molecule has 2 rings (SSSR count). The van der Waals surface area contributed by atoms with Crippen LogP contribution in [0.2, 0.25) is 10.0 Å². The van der Waals surface area contributed by atoms with Crippen LogP contribution in [0.5, 0.6) is 0 Å². The average molecular weight is 345 g/mol. The molecule has 0 bridgehead atoms. The van der Waals surface area contributed by atoms with Gasteiger partial charge in [0.25, 0.3) is 5.91 Å². The number of hydrogen-bond acceptors (Lipinski definition) is 2. The van der Waals surface area contributed by atoms with Crippen LogP contribution in [0, 0.1) is 11.6 Å². The van der Waals surface area contributed by atoms with Crippen LogP contribution in [0.15, 0.2) is 36.4 Å². The van der Waals surface area contributed by atoms with Gasteiger partial charge in [0, 0.05) is 15.7 Å². The zero-order valence-corrected chi connectivity index (χ0v) is 12.3. The summed E-state index contributed by atoms with van der Waals surface area (Å²) in [6.45, 7) is 0. The number of hydrogen-bond donors (Lipinski definition) is 2. The molecule has 0 unspecified atom stereocenters. The Kier molecular flexibility index (Phi) is 4.95. The van der Waals surface area contributed by atoms with E-state index in [0.29, 0.717) is 0 Å².